The Labute approximate surface area is 108 Å². The van der Waals surface area contributed by atoms with E-state index in [4.69, 9.17) is 4.74 Å². The van der Waals surface area contributed by atoms with E-state index < -0.39 is 0 Å². The van der Waals surface area contributed by atoms with Gasteiger partial charge in [-0.3, -0.25) is 9.58 Å². The Hall–Kier alpha value is -1.04. The zero-order valence-corrected chi connectivity index (χ0v) is 11.2. The van der Waals surface area contributed by atoms with Gasteiger partial charge >= 0.3 is 0 Å². The van der Waals surface area contributed by atoms with Crippen LogP contribution >= 0.6 is 0 Å². The van der Waals surface area contributed by atoms with Gasteiger partial charge in [-0.2, -0.15) is 0 Å². The molecule has 1 aliphatic rings. The molecule has 0 saturated carbocycles. The highest BCUT2D eigenvalue weighted by molar-refractivity contribution is 5.15. The van der Waals surface area contributed by atoms with Gasteiger partial charge in [0.1, 0.15) is 0 Å². The summed E-state index contributed by atoms with van der Waals surface area (Å²) in [4.78, 5) is 2.24. The molecule has 0 radical (unpaired) electrons. The Morgan fingerprint density at radius 2 is 1.89 bits per heavy atom. The number of hydrogen-bond donors (Lipinski definition) is 2. The molecular formula is C13H23N3O2. The van der Waals surface area contributed by atoms with E-state index in [1.807, 2.05) is 18.5 Å². The lowest BCUT2D eigenvalue weighted by Gasteiger charge is -2.28. The predicted octanol–water partition coefficient (Wildman–Crippen LogP) is 0.342. The van der Waals surface area contributed by atoms with Crippen LogP contribution in [0.3, 0.4) is 0 Å². The first-order valence-corrected chi connectivity index (χ1v) is 6.54. The van der Waals surface area contributed by atoms with E-state index in [0.29, 0.717) is 13.1 Å². The lowest BCUT2D eigenvalue weighted by Crippen LogP contribution is -2.43. The third-order valence-electron chi connectivity index (χ3n) is 3.33. The number of aromatic nitrogens is 1. The molecule has 0 bridgehead atoms. The molecular weight excluding hydrogens is 230 g/mol. The maximum absolute atomic E-state index is 10.0. The molecule has 0 spiro atoms. The summed E-state index contributed by atoms with van der Waals surface area (Å²) in [7, 11) is 0. The minimum absolute atomic E-state index is 0.357. The average Bonchev–Trinajstić information content (AvgIpc) is 2.68. The molecule has 1 unspecified atom stereocenters. The van der Waals surface area contributed by atoms with E-state index in [1.54, 1.807) is 0 Å². The first-order chi connectivity index (χ1) is 8.66. The van der Waals surface area contributed by atoms with Crippen molar-refractivity contribution in [3.63, 3.8) is 0 Å². The van der Waals surface area contributed by atoms with Crippen LogP contribution in [-0.2, 0) is 4.74 Å². The number of morpholine rings is 1. The summed E-state index contributed by atoms with van der Waals surface area (Å²) >= 11 is 0. The molecule has 0 amide bonds. The van der Waals surface area contributed by atoms with Crippen molar-refractivity contribution in [3.05, 3.63) is 23.5 Å². The van der Waals surface area contributed by atoms with Gasteiger partial charge in [0, 0.05) is 31.0 Å². The van der Waals surface area contributed by atoms with Gasteiger partial charge in [-0.1, -0.05) is 0 Å². The molecule has 1 fully saturated rings. The Morgan fingerprint density at radius 1 is 1.28 bits per heavy atom. The molecule has 5 heteroatoms. The van der Waals surface area contributed by atoms with E-state index in [9.17, 15) is 5.11 Å². The Balaban J connectivity index is 1.75. The molecule has 2 heterocycles. The molecule has 0 aliphatic carbocycles. The van der Waals surface area contributed by atoms with Crippen molar-refractivity contribution in [3.8, 4) is 0 Å². The van der Waals surface area contributed by atoms with E-state index in [0.717, 1.165) is 37.7 Å². The molecule has 0 aromatic carbocycles. The van der Waals surface area contributed by atoms with Crippen molar-refractivity contribution in [2.75, 3.05) is 44.8 Å². The smallest absolute Gasteiger partial charge is 0.0855 e. The zero-order valence-electron chi connectivity index (χ0n) is 11.2. The maximum Gasteiger partial charge on any atom is 0.0855 e. The summed E-state index contributed by atoms with van der Waals surface area (Å²) in [5.74, 6) is 0. The molecule has 1 aromatic heterocycles. The van der Waals surface area contributed by atoms with Crippen molar-refractivity contribution >= 4 is 0 Å². The van der Waals surface area contributed by atoms with Crippen LogP contribution < -0.4 is 5.43 Å². The monoisotopic (exact) mass is 253 g/mol. The normalized spacial score (nSPS) is 18.8. The van der Waals surface area contributed by atoms with Gasteiger partial charge in [0.25, 0.3) is 0 Å². The summed E-state index contributed by atoms with van der Waals surface area (Å²) in [6, 6.07) is 4.13. The topological polar surface area (TPSA) is 49.7 Å². The van der Waals surface area contributed by atoms with Crippen LogP contribution in [0.4, 0.5) is 0 Å². The average molecular weight is 253 g/mol. The summed E-state index contributed by atoms with van der Waals surface area (Å²) in [5.41, 5.74) is 5.58. The van der Waals surface area contributed by atoms with Crippen molar-refractivity contribution in [2.24, 2.45) is 0 Å². The number of aryl methyl sites for hydroxylation is 2. The first kappa shape index (κ1) is 13.4. The maximum atomic E-state index is 10.0. The van der Waals surface area contributed by atoms with E-state index >= 15 is 0 Å². The molecule has 18 heavy (non-hydrogen) atoms. The summed E-state index contributed by atoms with van der Waals surface area (Å²) in [6.45, 7) is 8.75. The molecule has 1 aromatic rings. The SMILES string of the molecule is Cc1ccc(C)n1NCC(O)CN1CCOCC1. The van der Waals surface area contributed by atoms with Crippen molar-refractivity contribution in [1.82, 2.24) is 9.58 Å². The van der Waals surface area contributed by atoms with E-state index in [1.165, 1.54) is 0 Å². The van der Waals surface area contributed by atoms with Gasteiger partial charge in [0.2, 0.25) is 0 Å². The third-order valence-corrected chi connectivity index (χ3v) is 3.33. The predicted molar refractivity (Wildman–Crippen MR) is 71.4 cm³/mol. The quantitative estimate of drug-likeness (QED) is 0.794. The van der Waals surface area contributed by atoms with Gasteiger partial charge in [-0.15, -0.1) is 0 Å². The molecule has 2 N–H and O–H groups in total. The van der Waals surface area contributed by atoms with Crippen molar-refractivity contribution < 1.29 is 9.84 Å². The molecule has 5 nitrogen and oxygen atoms in total. The van der Waals surface area contributed by atoms with E-state index in [2.05, 4.69) is 22.5 Å². The number of aliphatic hydroxyl groups is 1. The second-order valence-electron chi connectivity index (χ2n) is 4.88. The second-order valence-corrected chi connectivity index (χ2v) is 4.88. The Morgan fingerprint density at radius 3 is 2.50 bits per heavy atom. The van der Waals surface area contributed by atoms with Crippen LogP contribution in [-0.4, -0.2) is 60.2 Å². The number of ether oxygens (including phenoxy) is 1. The standard InChI is InChI=1S/C13H23N3O2/c1-11-3-4-12(2)16(11)14-9-13(17)10-15-5-7-18-8-6-15/h3-4,13-14,17H,5-10H2,1-2H3. The minimum Gasteiger partial charge on any atom is -0.390 e. The highest BCUT2D eigenvalue weighted by atomic mass is 16.5. The van der Waals surface area contributed by atoms with Gasteiger partial charge in [0.05, 0.1) is 25.9 Å². The van der Waals surface area contributed by atoms with Crippen LogP contribution in [0, 0.1) is 13.8 Å². The number of nitrogens with one attached hydrogen (secondary N) is 1. The number of rotatable bonds is 5. The fraction of sp³-hybridized carbons (Fsp3) is 0.692. The van der Waals surface area contributed by atoms with Gasteiger partial charge in [0.15, 0.2) is 0 Å². The van der Waals surface area contributed by atoms with Crippen LogP contribution in [0.5, 0.6) is 0 Å². The zero-order chi connectivity index (χ0) is 13.0. The largest absolute Gasteiger partial charge is 0.390 e. The number of aliphatic hydroxyl groups excluding tert-OH is 1. The van der Waals surface area contributed by atoms with Gasteiger partial charge in [-0.25, -0.2) is 0 Å². The highest BCUT2D eigenvalue weighted by Gasteiger charge is 2.14. The lowest BCUT2D eigenvalue weighted by atomic mass is 10.3. The molecule has 2 rings (SSSR count). The van der Waals surface area contributed by atoms with Crippen LogP contribution in [0.15, 0.2) is 12.1 Å². The number of nitrogens with zero attached hydrogens (tertiary/aromatic N) is 2. The fourth-order valence-electron chi connectivity index (χ4n) is 2.26. The Bertz CT molecular complexity index is 353. The minimum atomic E-state index is -0.357. The van der Waals surface area contributed by atoms with E-state index in [-0.39, 0.29) is 6.10 Å². The van der Waals surface area contributed by atoms with Gasteiger partial charge in [-0.05, 0) is 26.0 Å². The first-order valence-electron chi connectivity index (χ1n) is 6.54. The summed E-state index contributed by atoms with van der Waals surface area (Å²) in [5, 5.41) is 10.0. The van der Waals surface area contributed by atoms with Crippen LogP contribution in [0.2, 0.25) is 0 Å². The molecule has 1 aliphatic heterocycles. The molecule has 1 saturated heterocycles. The number of β-amino-alcohol motifs (C(OH)–C–C–N with tert-alkyl or cyclic N) is 1. The van der Waals surface area contributed by atoms with Crippen LogP contribution in [0.25, 0.3) is 0 Å². The fourth-order valence-corrected chi connectivity index (χ4v) is 2.26. The number of hydrogen-bond acceptors (Lipinski definition) is 4. The molecule has 1 atom stereocenters. The third kappa shape index (κ3) is 3.48. The Kier molecular flexibility index (Phi) is 4.63. The second kappa shape index (κ2) is 6.22. The molecule has 102 valence electrons. The summed E-state index contributed by atoms with van der Waals surface area (Å²) < 4.78 is 7.30. The van der Waals surface area contributed by atoms with Crippen molar-refractivity contribution in [2.45, 2.75) is 20.0 Å². The van der Waals surface area contributed by atoms with Crippen molar-refractivity contribution in [1.29, 1.82) is 0 Å². The summed E-state index contributed by atoms with van der Waals surface area (Å²) in [6.07, 6.45) is -0.357. The van der Waals surface area contributed by atoms with Gasteiger partial charge < -0.3 is 15.3 Å². The highest BCUT2D eigenvalue weighted by Crippen LogP contribution is 2.04. The lowest BCUT2D eigenvalue weighted by molar-refractivity contribution is 0.0167. The van der Waals surface area contributed by atoms with Crippen LogP contribution in [0.1, 0.15) is 11.4 Å².